The summed E-state index contributed by atoms with van der Waals surface area (Å²) in [5.41, 5.74) is -2.51. The summed E-state index contributed by atoms with van der Waals surface area (Å²) in [4.78, 5) is 30.5. The second-order valence-corrected chi connectivity index (χ2v) is 5.33. The highest BCUT2D eigenvalue weighted by molar-refractivity contribution is 6.60. The number of esters is 1. The molecule has 0 saturated heterocycles. The van der Waals surface area contributed by atoms with Crippen molar-refractivity contribution in [3.8, 4) is 0 Å². The second kappa shape index (κ2) is 8.30. The lowest BCUT2D eigenvalue weighted by atomic mass is 10.1. The van der Waals surface area contributed by atoms with E-state index in [9.17, 15) is 20.0 Å². The molecule has 1 atom stereocenters. The number of carboxylic acid groups (broad SMARTS) is 1. The van der Waals surface area contributed by atoms with E-state index in [0.717, 1.165) is 0 Å². The van der Waals surface area contributed by atoms with Crippen LogP contribution in [0.4, 0.5) is 10.5 Å². The molecule has 0 bridgehead atoms. The molecule has 0 radical (unpaired) electrons. The van der Waals surface area contributed by atoms with Crippen LogP contribution < -0.4 is 0 Å². The number of benzene rings is 1. The van der Waals surface area contributed by atoms with E-state index in [4.69, 9.17) is 14.6 Å². The molecule has 1 unspecified atom stereocenters. The van der Waals surface area contributed by atoms with E-state index in [1.54, 1.807) is 20.8 Å². The summed E-state index contributed by atoms with van der Waals surface area (Å²) >= 11 is 4.19. The van der Waals surface area contributed by atoms with Gasteiger partial charge in [-0.15, -0.1) is 0 Å². The third-order valence-corrected chi connectivity index (χ3v) is 2.06. The molecule has 0 heterocycles. The van der Waals surface area contributed by atoms with Gasteiger partial charge in [-0.1, -0.05) is 12.1 Å². The minimum absolute atomic E-state index is 0.0725. The van der Waals surface area contributed by atoms with Crippen LogP contribution in [0.15, 0.2) is 24.3 Å². The van der Waals surface area contributed by atoms with Crippen molar-refractivity contribution in [2.75, 3.05) is 0 Å². The number of rotatable bonds is 3. The summed E-state index contributed by atoms with van der Waals surface area (Å²) in [5, 5.41) is 27.8. The SMILES string of the molecule is CC(C)(C)OC(=O)C(O)c1ccccc1[N+](=O)[O-].O=C(O)Cl. The lowest BCUT2D eigenvalue weighted by molar-refractivity contribution is -0.386. The van der Waals surface area contributed by atoms with Crippen molar-refractivity contribution in [1.29, 1.82) is 0 Å². The number of para-hydroxylation sites is 1. The van der Waals surface area contributed by atoms with Gasteiger partial charge in [0.15, 0.2) is 6.10 Å². The lowest BCUT2D eigenvalue weighted by Crippen LogP contribution is -2.28. The van der Waals surface area contributed by atoms with E-state index in [1.165, 1.54) is 24.3 Å². The van der Waals surface area contributed by atoms with Crippen molar-refractivity contribution in [3.05, 3.63) is 39.9 Å². The standard InChI is InChI=1S/C12H15NO5.CHClO2/c1-12(2,3)18-11(15)10(14)8-6-4-5-7-9(8)13(16)17;2-1(3)4/h4-7,10,14H,1-3H3;(H,3,4). The molecule has 2 N–H and O–H groups in total. The third-order valence-electron chi connectivity index (χ3n) is 2.06. The van der Waals surface area contributed by atoms with E-state index < -0.39 is 28.0 Å². The molecule has 22 heavy (non-hydrogen) atoms. The average Bonchev–Trinajstić information content (AvgIpc) is 2.35. The van der Waals surface area contributed by atoms with E-state index in [-0.39, 0.29) is 11.3 Å². The Morgan fingerprint density at radius 3 is 2.18 bits per heavy atom. The Hall–Kier alpha value is -2.19. The first-order valence-corrected chi connectivity index (χ1v) is 6.36. The molecule has 0 aliphatic carbocycles. The average molecular weight is 334 g/mol. The van der Waals surface area contributed by atoms with Gasteiger partial charge in [-0.2, -0.15) is 0 Å². The number of carbonyl (C=O) groups is 2. The Morgan fingerprint density at radius 2 is 1.77 bits per heavy atom. The number of carbonyl (C=O) groups excluding carboxylic acids is 1. The predicted molar refractivity (Wildman–Crippen MR) is 77.8 cm³/mol. The molecule has 1 aromatic carbocycles. The van der Waals surface area contributed by atoms with Gasteiger partial charge < -0.3 is 14.9 Å². The van der Waals surface area contributed by atoms with Gasteiger partial charge in [0.25, 0.3) is 5.69 Å². The number of halogens is 1. The maximum Gasteiger partial charge on any atom is 0.401 e. The Morgan fingerprint density at radius 1 is 1.32 bits per heavy atom. The third kappa shape index (κ3) is 7.55. The first kappa shape index (κ1) is 19.8. The summed E-state index contributed by atoms with van der Waals surface area (Å²) in [6.07, 6.45) is -1.66. The first-order valence-electron chi connectivity index (χ1n) is 5.98. The fraction of sp³-hybridized carbons (Fsp3) is 0.385. The van der Waals surface area contributed by atoms with Crippen LogP contribution in [-0.4, -0.2) is 32.1 Å². The van der Waals surface area contributed by atoms with Crippen LogP contribution in [0, 0.1) is 10.1 Å². The summed E-state index contributed by atoms with van der Waals surface area (Å²) < 4.78 is 4.98. The highest BCUT2D eigenvalue weighted by Crippen LogP contribution is 2.26. The molecule has 122 valence electrons. The van der Waals surface area contributed by atoms with E-state index in [2.05, 4.69) is 11.6 Å². The van der Waals surface area contributed by atoms with Crippen LogP contribution in [-0.2, 0) is 9.53 Å². The van der Waals surface area contributed by atoms with Crippen molar-refractivity contribution >= 4 is 28.7 Å². The highest BCUT2D eigenvalue weighted by atomic mass is 35.5. The fourth-order valence-corrected chi connectivity index (χ4v) is 1.37. The van der Waals surface area contributed by atoms with Crippen LogP contribution in [0.1, 0.15) is 32.4 Å². The zero-order valence-electron chi connectivity index (χ0n) is 12.1. The van der Waals surface area contributed by atoms with Crippen molar-refractivity contribution < 1.29 is 29.5 Å². The molecular formula is C13H16ClNO7. The van der Waals surface area contributed by atoms with Crippen LogP contribution >= 0.6 is 11.6 Å². The normalized spacial score (nSPS) is 11.7. The minimum atomic E-state index is -1.66. The number of nitrogens with zero attached hydrogens (tertiary/aromatic N) is 1. The molecular weight excluding hydrogens is 318 g/mol. The van der Waals surface area contributed by atoms with E-state index in [0.29, 0.717) is 0 Å². The molecule has 0 amide bonds. The number of ether oxygens (including phenoxy) is 1. The largest absolute Gasteiger partial charge is 0.469 e. The number of nitro benzene ring substituents is 1. The Kier molecular flexibility index (Phi) is 7.47. The molecule has 9 heteroatoms. The number of aliphatic hydroxyl groups is 1. The van der Waals surface area contributed by atoms with Gasteiger partial charge >= 0.3 is 11.4 Å². The molecule has 0 saturated carbocycles. The number of hydrogen-bond acceptors (Lipinski definition) is 6. The number of aliphatic hydroxyl groups excluding tert-OH is 1. The Labute approximate surface area is 131 Å². The predicted octanol–water partition coefficient (Wildman–Crippen LogP) is 2.87. The summed E-state index contributed by atoms with van der Waals surface area (Å²) in [6.45, 7) is 4.95. The molecule has 0 fully saturated rings. The minimum Gasteiger partial charge on any atom is -0.469 e. The topological polar surface area (TPSA) is 127 Å². The smallest absolute Gasteiger partial charge is 0.401 e. The van der Waals surface area contributed by atoms with Gasteiger partial charge in [0.05, 0.1) is 10.5 Å². The highest BCUT2D eigenvalue weighted by Gasteiger charge is 2.29. The lowest BCUT2D eigenvalue weighted by Gasteiger charge is -2.21. The fourth-order valence-electron chi connectivity index (χ4n) is 1.37. The van der Waals surface area contributed by atoms with Crippen molar-refractivity contribution in [3.63, 3.8) is 0 Å². The molecule has 1 aromatic rings. The zero-order valence-corrected chi connectivity index (χ0v) is 12.9. The van der Waals surface area contributed by atoms with Crippen LogP contribution in [0.2, 0.25) is 0 Å². The molecule has 1 rings (SSSR count). The van der Waals surface area contributed by atoms with Crippen LogP contribution in [0.3, 0.4) is 0 Å². The Balaban J connectivity index is 0.000000980. The van der Waals surface area contributed by atoms with Crippen LogP contribution in [0.5, 0.6) is 0 Å². The Bertz CT molecular complexity index is 550. The van der Waals surface area contributed by atoms with E-state index >= 15 is 0 Å². The first-order chi connectivity index (χ1) is 9.95. The number of hydrogen-bond donors (Lipinski definition) is 2. The summed E-state index contributed by atoms with van der Waals surface area (Å²) in [6, 6.07) is 5.52. The molecule has 0 spiro atoms. The number of nitro groups is 1. The van der Waals surface area contributed by atoms with Crippen LogP contribution in [0.25, 0.3) is 0 Å². The quantitative estimate of drug-likeness (QED) is 0.376. The van der Waals surface area contributed by atoms with E-state index in [1.807, 2.05) is 0 Å². The maximum absolute atomic E-state index is 11.6. The van der Waals surface area contributed by atoms with Gasteiger partial charge in [0.2, 0.25) is 0 Å². The zero-order chi connectivity index (χ0) is 17.5. The molecule has 8 nitrogen and oxygen atoms in total. The van der Waals surface area contributed by atoms with Gasteiger partial charge in [0, 0.05) is 17.7 Å². The summed E-state index contributed by atoms with van der Waals surface area (Å²) in [7, 11) is 0. The maximum atomic E-state index is 11.6. The van der Waals surface area contributed by atoms with Gasteiger partial charge in [-0.25, -0.2) is 9.59 Å². The summed E-state index contributed by atoms with van der Waals surface area (Å²) in [5.74, 6) is -0.906. The molecule has 0 aliphatic heterocycles. The van der Waals surface area contributed by atoms with Gasteiger partial charge in [-0.05, 0) is 26.8 Å². The monoisotopic (exact) mass is 333 g/mol. The van der Waals surface area contributed by atoms with Crippen molar-refractivity contribution in [1.82, 2.24) is 0 Å². The van der Waals surface area contributed by atoms with Crippen molar-refractivity contribution in [2.24, 2.45) is 0 Å². The van der Waals surface area contributed by atoms with Gasteiger partial charge in [0.1, 0.15) is 5.60 Å². The second-order valence-electron chi connectivity index (χ2n) is 5.00. The molecule has 0 aromatic heterocycles. The molecule has 0 aliphatic rings. The van der Waals surface area contributed by atoms with Gasteiger partial charge in [-0.3, -0.25) is 10.1 Å². The van der Waals surface area contributed by atoms with Crippen molar-refractivity contribution in [2.45, 2.75) is 32.5 Å².